The van der Waals surface area contributed by atoms with Gasteiger partial charge in [0.15, 0.2) is 0 Å². The van der Waals surface area contributed by atoms with Gasteiger partial charge in [0.05, 0.1) is 17.1 Å². The summed E-state index contributed by atoms with van der Waals surface area (Å²) in [4.78, 5) is 12.1. The average Bonchev–Trinajstić information content (AvgIpc) is 2.61. The molecule has 0 atom stereocenters. The summed E-state index contributed by atoms with van der Waals surface area (Å²) in [5.41, 5.74) is 11.2. The third-order valence-corrected chi connectivity index (χ3v) is 3.52. The molecule has 2 rings (SSSR count). The van der Waals surface area contributed by atoms with Crippen LogP contribution in [0.25, 0.3) is 0 Å². The van der Waals surface area contributed by atoms with Crippen LogP contribution in [0, 0.1) is 27.7 Å². The first-order chi connectivity index (χ1) is 9.38. The Balaban J connectivity index is 2.11. The van der Waals surface area contributed by atoms with Gasteiger partial charge in [0, 0.05) is 5.69 Å². The molecule has 106 valence electrons. The van der Waals surface area contributed by atoms with E-state index in [2.05, 4.69) is 10.4 Å². The number of nitrogens with two attached hydrogens (primary N) is 1. The van der Waals surface area contributed by atoms with Gasteiger partial charge in [0.25, 0.3) is 0 Å². The number of benzene rings is 1. The van der Waals surface area contributed by atoms with E-state index in [1.807, 2.05) is 45.9 Å². The first kappa shape index (κ1) is 14.1. The number of carbonyl (C=O) groups excluding carboxylic acids is 1. The lowest BCUT2D eigenvalue weighted by molar-refractivity contribution is -0.116. The van der Waals surface area contributed by atoms with Crippen LogP contribution in [0.1, 0.15) is 22.5 Å². The van der Waals surface area contributed by atoms with Crippen molar-refractivity contribution in [3.05, 3.63) is 40.7 Å². The average molecular weight is 272 g/mol. The minimum Gasteiger partial charge on any atom is -0.397 e. The molecule has 0 radical (unpaired) electrons. The summed E-state index contributed by atoms with van der Waals surface area (Å²) in [5.74, 6) is -0.133. The molecule has 0 aliphatic heterocycles. The predicted molar refractivity (Wildman–Crippen MR) is 80.7 cm³/mol. The van der Waals surface area contributed by atoms with Crippen molar-refractivity contribution in [3.8, 4) is 0 Å². The number of aromatic nitrogens is 2. The molecule has 0 aliphatic carbocycles. The number of nitrogens with one attached hydrogen (secondary N) is 1. The molecule has 0 aliphatic rings. The Hall–Kier alpha value is -2.30. The maximum atomic E-state index is 12.1. The zero-order valence-electron chi connectivity index (χ0n) is 12.3. The highest BCUT2D eigenvalue weighted by Crippen LogP contribution is 2.19. The highest BCUT2D eigenvalue weighted by Gasteiger charge is 2.11. The van der Waals surface area contributed by atoms with Crippen molar-refractivity contribution in [1.82, 2.24) is 9.78 Å². The van der Waals surface area contributed by atoms with E-state index in [4.69, 9.17) is 5.73 Å². The normalized spacial score (nSPS) is 10.6. The molecule has 0 bridgehead atoms. The molecule has 0 saturated heterocycles. The number of hydrogen-bond donors (Lipinski definition) is 2. The smallest absolute Gasteiger partial charge is 0.246 e. The van der Waals surface area contributed by atoms with Crippen LogP contribution in [0.5, 0.6) is 0 Å². The van der Waals surface area contributed by atoms with E-state index in [1.165, 1.54) is 0 Å². The molecular formula is C15H20N4O. The Morgan fingerprint density at radius 2 is 2.00 bits per heavy atom. The first-order valence-corrected chi connectivity index (χ1v) is 6.55. The fraction of sp³-hybridized carbons (Fsp3) is 0.333. The van der Waals surface area contributed by atoms with Crippen LogP contribution in [0.15, 0.2) is 18.2 Å². The maximum absolute atomic E-state index is 12.1. The van der Waals surface area contributed by atoms with Gasteiger partial charge in [-0.3, -0.25) is 9.48 Å². The molecule has 0 spiro atoms. The van der Waals surface area contributed by atoms with Gasteiger partial charge >= 0.3 is 0 Å². The van der Waals surface area contributed by atoms with Gasteiger partial charge in [0.1, 0.15) is 6.54 Å². The monoisotopic (exact) mass is 272 g/mol. The molecule has 1 heterocycles. The van der Waals surface area contributed by atoms with Crippen LogP contribution in [-0.4, -0.2) is 15.7 Å². The van der Waals surface area contributed by atoms with Crippen molar-refractivity contribution in [2.24, 2.45) is 0 Å². The van der Waals surface area contributed by atoms with Crippen LogP contribution >= 0.6 is 0 Å². The van der Waals surface area contributed by atoms with E-state index >= 15 is 0 Å². The molecule has 5 nitrogen and oxygen atoms in total. The minimum absolute atomic E-state index is 0.133. The molecule has 1 aromatic carbocycles. The molecule has 3 N–H and O–H groups in total. The summed E-state index contributed by atoms with van der Waals surface area (Å²) in [6, 6.07) is 5.57. The lowest BCUT2D eigenvalue weighted by Crippen LogP contribution is -2.21. The lowest BCUT2D eigenvalue weighted by atomic mass is 10.2. The highest BCUT2D eigenvalue weighted by atomic mass is 16.2. The summed E-state index contributed by atoms with van der Waals surface area (Å²) in [5, 5.41) is 7.17. The zero-order chi connectivity index (χ0) is 14.9. The fourth-order valence-corrected chi connectivity index (χ4v) is 2.06. The Kier molecular flexibility index (Phi) is 3.79. The number of nitrogens with zero attached hydrogens (tertiary/aromatic N) is 2. The molecule has 1 amide bonds. The second-order valence-electron chi connectivity index (χ2n) is 5.09. The Labute approximate surface area is 118 Å². The molecule has 1 aromatic heterocycles. The fourth-order valence-electron chi connectivity index (χ4n) is 2.06. The van der Waals surface area contributed by atoms with Crippen molar-refractivity contribution >= 4 is 17.3 Å². The topological polar surface area (TPSA) is 72.9 Å². The summed E-state index contributed by atoms with van der Waals surface area (Å²) < 4.78 is 1.71. The number of rotatable bonds is 3. The van der Waals surface area contributed by atoms with Crippen molar-refractivity contribution in [2.45, 2.75) is 34.2 Å². The maximum Gasteiger partial charge on any atom is 0.246 e. The van der Waals surface area contributed by atoms with Crippen LogP contribution in [0.4, 0.5) is 11.4 Å². The summed E-state index contributed by atoms with van der Waals surface area (Å²) >= 11 is 0. The van der Waals surface area contributed by atoms with Crippen LogP contribution in [0.2, 0.25) is 0 Å². The Morgan fingerprint density at radius 1 is 1.30 bits per heavy atom. The third kappa shape index (κ3) is 2.82. The number of hydrogen-bond acceptors (Lipinski definition) is 3. The Bertz CT molecular complexity index is 658. The Morgan fingerprint density at radius 3 is 2.55 bits per heavy atom. The van der Waals surface area contributed by atoms with Gasteiger partial charge in [-0.05, 0) is 51.0 Å². The molecule has 0 unspecified atom stereocenters. The quantitative estimate of drug-likeness (QED) is 0.842. The van der Waals surface area contributed by atoms with E-state index in [-0.39, 0.29) is 12.5 Å². The van der Waals surface area contributed by atoms with E-state index < -0.39 is 0 Å². The van der Waals surface area contributed by atoms with E-state index in [1.54, 1.807) is 4.68 Å². The van der Waals surface area contributed by atoms with Gasteiger partial charge in [-0.15, -0.1) is 0 Å². The number of aryl methyl sites for hydroxylation is 2. The summed E-state index contributed by atoms with van der Waals surface area (Å²) in [6.45, 7) is 8.05. The van der Waals surface area contributed by atoms with Crippen molar-refractivity contribution in [3.63, 3.8) is 0 Å². The number of amides is 1. The zero-order valence-corrected chi connectivity index (χ0v) is 12.3. The number of anilines is 2. The van der Waals surface area contributed by atoms with E-state index in [9.17, 15) is 4.79 Å². The van der Waals surface area contributed by atoms with Gasteiger partial charge in [0.2, 0.25) is 5.91 Å². The summed E-state index contributed by atoms with van der Waals surface area (Å²) in [7, 11) is 0. The predicted octanol–water partition coefficient (Wildman–Crippen LogP) is 2.34. The van der Waals surface area contributed by atoms with E-state index in [0.29, 0.717) is 11.4 Å². The molecule has 0 saturated carbocycles. The first-order valence-electron chi connectivity index (χ1n) is 6.55. The molecule has 5 heteroatoms. The third-order valence-electron chi connectivity index (χ3n) is 3.52. The molecule has 20 heavy (non-hydrogen) atoms. The molecule has 0 fully saturated rings. The van der Waals surface area contributed by atoms with Crippen molar-refractivity contribution in [1.29, 1.82) is 0 Å². The standard InChI is InChI=1S/C15H20N4O/c1-9-5-6-14(13(16)7-9)17-15(20)8-19-12(4)10(2)11(3)18-19/h5-7H,8,16H2,1-4H3,(H,17,20). The highest BCUT2D eigenvalue weighted by molar-refractivity contribution is 5.93. The van der Waals surface area contributed by atoms with E-state index in [0.717, 1.165) is 22.5 Å². The SMILES string of the molecule is Cc1ccc(NC(=O)Cn2nc(C)c(C)c2C)c(N)c1. The lowest BCUT2D eigenvalue weighted by Gasteiger charge is -2.09. The number of nitrogen functional groups attached to an aromatic ring is 1. The number of carbonyl (C=O) groups is 1. The second kappa shape index (κ2) is 5.36. The van der Waals surface area contributed by atoms with Crippen LogP contribution < -0.4 is 11.1 Å². The van der Waals surface area contributed by atoms with Crippen LogP contribution in [-0.2, 0) is 11.3 Å². The van der Waals surface area contributed by atoms with Gasteiger partial charge in [-0.25, -0.2) is 0 Å². The van der Waals surface area contributed by atoms with Crippen molar-refractivity contribution < 1.29 is 4.79 Å². The van der Waals surface area contributed by atoms with Gasteiger partial charge in [-0.2, -0.15) is 5.10 Å². The minimum atomic E-state index is -0.133. The van der Waals surface area contributed by atoms with Gasteiger partial charge in [-0.1, -0.05) is 6.07 Å². The van der Waals surface area contributed by atoms with Gasteiger partial charge < -0.3 is 11.1 Å². The summed E-state index contributed by atoms with van der Waals surface area (Å²) in [6.07, 6.45) is 0. The van der Waals surface area contributed by atoms with Crippen LogP contribution in [0.3, 0.4) is 0 Å². The van der Waals surface area contributed by atoms with Crippen molar-refractivity contribution in [2.75, 3.05) is 11.1 Å². The molecular weight excluding hydrogens is 252 g/mol. The molecule has 2 aromatic rings. The largest absolute Gasteiger partial charge is 0.397 e. The second-order valence-corrected chi connectivity index (χ2v) is 5.09.